The second-order valence-corrected chi connectivity index (χ2v) is 12.0. The fourth-order valence-electron chi connectivity index (χ4n) is 5.22. The van der Waals surface area contributed by atoms with Crippen molar-refractivity contribution in [1.29, 1.82) is 0 Å². The second kappa shape index (κ2) is 15.6. The van der Waals surface area contributed by atoms with E-state index in [9.17, 15) is 69.7 Å². The Hall–Kier alpha value is -7.14. The molecule has 0 aliphatic carbocycles. The highest BCUT2D eigenvalue weighted by atomic mass is 19.4. The molecule has 0 bridgehead atoms. The van der Waals surface area contributed by atoms with E-state index < -0.39 is 127 Å². The predicted octanol–water partition coefficient (Wildman–Crippen LogP) is 8.23. The minimum Gasteiger partial charge on any atom is -0.478 e. The number of aromatic carboxylic acids is 4. The normalized spacial score (nSPS) is 12.7. The minimum atomic E-state index is -8.08. The zero-order valence-corrected chi connectivity index (χ0v) is 28.7. The van der Waals surface area contributed by atoms with Crippen molar-refractivity contribution in [3.63, 3.8) is 0 Å². The number of hydrogen-bond acceptors (Lipinski definition) is 8. The first-order chi connectivity index (χ1) is 27.4. The molecule has 4 rings (SSSR count). The topological polar surface area (TPSA) is 202 Å². The maximum atomic E-state index is 17.0. The van der Waals surface area contributed by atoms with Crippen molar-refractivity contribution in [1.82, 2.24) is 0 Å². The number of carboxylic acids is 4. The van der Waals surface area contributed by atoms with E-state index in [1.54, 1.807) is 0 Å². The van der Waals surface area contributed by atoms with Crippen molar-refractivity contribution in [2.45, 2.75) is 35.5 Å². The van der Waals surface area contributed by atoms with Crippen LogP contribution >= 0.6 is 0 Å². The third-order valence-electron chi connectivity index (χ3n) is 8.33. The molecule has 0 heterocycles. The smallest absolute Gasteiger partial charge is 0.460 e. The van der Waals surface area contributed by atoms with Gasteiger partial charge >= 0.3 is 65.7 Å². The first-order valence-electron chi connectivity index (χ1n) is 15.6. The summed E-state index contributed by atoms with van der Waals surface area (Å²) >= 11 is 0. The number of alkyl halides is 12. The van der Waals surface area contributed by atoms with Crippen molar-refractivity contribution in [2.75, 3.05) is 0 Å². The van der Waals surface area contributed by atoms with Gasteiger partial charge < -0.3 is 29.9 Å². The molecular weight excluding hydrogens is 852 g/mol. The molecule has 12 nitrogen and oxygen atoms in total. The molecule has 4 aromatic carbocycles. The van der Waals surface area contributed by atoms with Gasteiger partial charge in [-0.05, 0) is 60.7 Å². The lowest BCUT2D eigenvalue weighted by Gasteiger charge is -2.43. The lowest BCUT2D eigenvalue weighted by Crippen LogP contribution is -2.70. The highest BCUT2D eigenvalue weighted by Crippen LogP contribution is 2.63. The van der Waals surface area contributed by atoms with Crippen molar-refractivity contribution < 1.29 is 111 Å². The molecule has 0 aromatic heterocycles. The molecule has 0 spiro atoms. The van der Waals surface area contributed by atoms with Crippen molar-refractivity contribution in [3.05, 3.63) is 129 Å². The van der Waals surface area contributed by atoms with Crippen LogP contribution in [0.1, 0.15) is 73.3 Å². The van der Waals surface area contributed by atoms with Crippen molar-refractivity contribution >= 4 is 35.8 Å². The molecule has 24 heteroatoms. The Kier molecular flexibility index (Phi) is 11.8. The monoisotopic (exact) mass is 870 g/mol. The fraction of sp³-hybridized carbons (Fsp3) is 0.167. The summed E-state index contributed by atoms with van der Waals surface area (Å²) in [6.07, 6.45) is -7.61. The molecule has 0 aliphatic heterocycles. The Labute approximate surface area is 323 Å². The number of carboxylic acid groups (broad SMARTS) is 4. The number of carbonyl (C=O) groups is 6. The lowest BCUT2D eigenvalue weighted by atomic mass is 9.77. The number of carbonyl (C=O) groups excluding carboxylic acids is 2. The van der Waals surface area contributed by atoms with Gasteiger partial charge in [-0.2, -0.15) is 48.3 Å². The maximum absolute atomic E-state index is 17.0. The van der Waals surface area contributed by atoms with E-state index in [0.29, 0.717) is 48.5 Å². The van der Waals surface area contributed by atoms with E-state index in [1.165, 1.54) is 0 Å². The van der Waals surface area contributed by atoms with Crippen LogP contribution in [-0.4, -0.2) is 86.1 Å². The molecular formula is C36H18F12O12. The zero-order chi connectivity index (χ0) is 45.6. The number of benzene rings is 4. The molecule has 4 N–H and O–H groups in total. The summed E-state index contributed by atoms with van der Waals surface area (Å²) in [6, 6.07) is 5.08. The van der Waals surface area contributed by atoms with Crippen LogP contribution in [0.2, 0.25) is 0 Å². The van der Waals surface area contributed by atoms with Gasteiger partial charge in [-0.3, -0.25) is 0 Å². The van der Waals surface area contributed by atoms with Gasteiger partial charge in [0.05, 0.1) is 33.4 Å². The van der Waals surface area contributed by atoms with Crippen LogP contribution in [0.3, 0.4) is 0 Å². The molecule has 0 atom stereocenters. The van der Waals surface area contributed by atoms with Crippen LogP contribution in [0.25, 0.3) is 0 Å². The van der Waals surface area contributed by atoms with Gasteiger partial charge in [0.25, 0.3) is 0 Å². The fourth-order valence-corrected chi connectivity index (χ4v) is 5.22. The SMILES string of the molecule is O=C(Oc1ccc(C(F)(c2ccc(OC(=O)c3ccc(C(=O)O)c(C(=O)O)c3)cc2)C(F)(F)C(F)(F)C(F)(F)C(F)(F)C(F)(F)F)cc1)c1ccc(C(=O)O)c(C(=O)O)c1. The van der Waals surface area contributed by atoms with Crippen molar-refractivity contribution in [3.8, 4) is 11.5 Å². The van der Waals surface area contributed by atoms with Crippen LogP contribution in [0.15, 0.2) is 84.9 Å². The summed E-state index contributed by atoms with van der Waals surface area (Å²) in [7, 11) is 0. The van der Waals surface area contributed by atoms with Gasteiger partial charge in [0.15, 0.2) is 0 Å². The van der Waals surface area contributed by atoms with E-state index in [1.807, 2.05) is 0 Å². The van der Waals surface area contributed by atoms with Gasteiger partial charge in [0.1, 0.15) is 11.5 Å². The van der Waals surface area contributed by atoms with Crippen molar-refractivity contribution in [2.24, 2.45) is 0 Å². The zero-order valence-electron chi connectivity index (χ0n) is 28.7. The van der Waals surface area contributed by atoms with E-state index >= 15 is 22.0 Å². The number of ether oxygens (including phenoxy) is 2. The third kappa shape index (κ3) is 7.73. The first kappa shape index (κ1) is 45.6. The van der Waals surface area contributed by atoms with Gasteiger partial charge in [0, 0.05) is 11.1 Å². The molecule has 0 radical (unpaired) electrons. The summed E-state index contributed by atoms with van der Waals surface area (Å²) in [5, 5.41) is 36.8. The molecule has 0 saturated carbocycles. The summed E-state index contributed by atoms with van der Waals surface area (Å²) in [5.74, 6) is -43.1. The second-order valence-electron chi connectivity index (χ2n) is 12.0. The van der Waals surface area contributed by atoms with Crippen LogP contribution in [0.4, 0.5) is 52.7 Å². The molecule has 4 aromatic rings. The number of esters is 2. The van der Waals surface area contributed by atoms with Crippen LogP contribution in [0, 0.1) is 0 Å². The minimum absolute atomic E-state index is 0.0115. The predicted molar refractivity (Wildman–Crippen MR) is 171 cm³/mol. The Morgan fingerprint density at radius 1 is 0.383 bits per heavy atom. The Morgan fingerprint density at radius 2 is 0.683 bits per heavy atom. The van der Waals surface area contributed by atoms with Gasteiger partial charge in [0.2, 0.25) is 5.67 Å². The quantitative estimate of drug-likeness (QED) is 0.0538. The third-order valence-corrected chi connectivity index (χ3v) is 8.33. The summed E-state index contributed by atoms with van der Waals surface area (Å²) in [4.78, 5) is 70.7. The molecule has 0 saturated heterocycles. The lowest BCUT2D eigenvalue weighted by molar-refractivity contribution is -0.431. The Balaban J connectivity index is 1.80. The van der Waals surface area contributed by atoms with E-state index in [4.69, 9.17) is 19.7 Å². The van der Waals surface area contributed by atoms with Gasteiger partial charge in [-0.1, -0.05) is 24.3 Å². The summed E-state index contributed by atoms with van der Waals surface area (Å²) in [5.41, 5.74) is -14.2. The van der Waals surface area contributed by atoms with E-state index in [0.717, 1.165) is 12.1 Å². The van der Waals surface area contributed by atoms with Crippen LogP contribution < -0.4 is 9.47 Å². The molecule has 0 aliphatic rings. The maximum Gasteiger partial charge on any atom is 0.460 e. The molecule has 0 fully saturated rings. The van der Waals surface area contributed by atoms with Gasteiger partial charge in [-0.15, -0.1) is 0 Å². The highest BCUT2D eigenvalue weighted by molar-refractivity contribution is 6.05. The molecule has 318 valence electrons. The Morgan fingerprint density at radius 3 is 0.967 bits per heavy atom. The standard InChI is InChI=1S/C36H18F12O12/c37-31(32(38,39)33(40,41)34(42,43)35(44,45)36(46,47)48,17-3-7-19(8-4-17)59-29(57)15-1-11-21(25(49)50)23(13-15)27(53)54)18-5-9-20(10-6-18)60-30(58)16-2-12-22(26(51)52)24(14-16)28(55)56/h1-14H,(H,49,50)(H,51,52)(H,53,54)(H,55,56). The Bertz CT molecular complexity index is 2260. The number of halogens is 12. The number of rotatable bonds is 14. The van der Waals surface area contributed by atoms with E-state index in [2.05, 4.69) is 0 Å². The largest absolute Gasteiger partial charge is 0.478 e. The average Bonchev–Trinajstić information content (AvgIpc) is 3.16. The first-order valence-corrected chi connectivity index (χ1v) is 15.6. The highest BCUT2D eigenvalue weighted by Gasteiger charge is 2.90. The summed E-state index contributed by atoms with van der Waals surface area (Å²) in [6.45, 7) is 0. The number of hydrogen-bond donors (Lipinski definition) is 4. The molecule has 0 unspecified atom stereocenters. The van der Waals surface area contributed by atoms with E-state index in [-0.39, 0.29) is 24.3 Å². The van der Waals surface area contributed by atoms with Gasteiger partial charge in [-0.25, -0.2) is 33.2 Å². The van der Waals surface area contributed by atoms with Crippen LogP contribution in [0.5, 0.6) is 11.5 Å². The average molecular weight is 871 g/mol. The molecule has 60 heavy (non-hydrogen) atoms. The molecule has 0 amide bonds. The summed E-state index contributed by atoms with van der Waals surface area (Å²) < 4.78 is 184. The van der Waals surface area contributed by atoms with Crippen LogP contribution in [-0.2, 0) is 5.67 Å².